The molecule has 8 nitrogen and oxygen atoms in total. The van der Waals surface area contributed by atoms with Crippen LogP contribution in [0.3, 0.4) is 0 Å². The highest BCUT2D eigenvalue weighted by Crippen LogP contribution is 2.39. The maximum Gasteiger partial charge on any atom is 0.298 e. The highest BCUT2D eigenvalue weighted by Gasteiger charge is 2.23. The summed E-state index contributed by atoms with van der Waals surface area (Å²) >= 11 is 0. The molecule has 0 aliphatic carbocycles. The molecular weight excluding hydrogens is 326 g/mol. The number of hydrogen-bond donors (Lipinski definition) is 1. The minimum Gasteiger partial charge on any atom is -0.507 e. The van der Waals surface area contributed by atoms with E-state index in [1.54, 1.807) is 24.3 Å². The van der Waals surface area contributed by atoms with Gasteiger partial charge in [-0.15, -0.1) is 0 Å². The minimum absolute atomic E-state index is 0.0261. The van der Waals surface area contributed by atoms with Crippen molar-refractivity contribution in [3.63, 3.8) is 0 Å². The summed E-state index contributed by atoms with van der Waals surface area (Å²) in [4.78, 5) is 17.4. The van der Waals surface area contributed by atoms with E-state index in [2.05, 4.69) is 4.98 Å². The van der Waals surface area contributed by atoms with E-state index in [1.165, 1.54) is 12.1 Å². The fraction of sp³-hybridized carbons (Fsp3) is 0.235. The number of oxazole rings is 1. The van der Waals surface area contributed by atoms with Crippen molar-refractivity contribution in [3.8, 4) is 16.9 Å². The number of hydrogen-bond acceptors (Lipinski definition) is 7. The van der Waals surface area contributed by atoms with Gasteiger partial charge in [0.15, 0.2) is 5.58 Å². The van der Waals surface area contributed by atoms with Gasteiger partial charge in [-0.2, -0.15) is 4.98 Å². The molecule has 0 bridgehead atoms. The third-order valence-electron chi connectivity index (χ3n) is 4.17. The Morgan fingerprint density at radius 2 is 1.92 bits per heavy atom. The molecule has 1 N–H and O–H groups in total. The third-order valence-corrected chi connectivity index (χ3v) is 4.17. The van der Waals surface area contributed by atoms with E-state index >= 15 is 0 Å². The second kappa shape index (κ2) is 6.06. The zero-order chi connectivity index (χ0) is 17.4. The third kappa shape index (κ3) is 2.76. The molecule has 0 atom stereocenters. The Balaban J connectivity index is 1.86. The van der Waals surface area contributed by atoms with Crippen LogP contribution < -0.4 is 4.90 Å². The number of phenolic OH excluding ortho intramolecular Hbond substituents is 1. The van der Waals surface area contributed by atoms with Gasteiger partial charge >= 0.3 is 0 Å². The Morgan fingerprint density at radius 1 is 1.16 bits per heavy atom. The van der Waals surface area contributed by atoms with Gasteiger partial charge in [-0.25, -0.2) is 0 Å². The van der Waals surface area contributed by atoms with Crippen molar-refractivity contribution in [1.82, 2.24) is 4.98 Å². The number of rotatable bonds is 3. The number of para-hydroxylation sites is 1. The second-order valence-corrected chi connectivity index (χ2v) is 5.71. The highest BCUT2D eigenvalue weighted by molar-refractivity contribution is 5.89. The summed E-state index contributed by atoms with van der Waals surface area (Å²) in [5, 5.41) is 21.6. The van der Waals surface area contributed by atoms with Gasteiger partial charge in [0.05, 0.1) is 29.8 Å². The van der Waals surface area contributed by atoms with Gasteiger partial charge in [0, 0.05) is 18.7 Å². The molecular formula is C17H15N3O5. The van der Waals surface area contributed by atoms with Crippen LogP contribution in [0.1, 0.15) is 0 Å². The molecule has 1 saturated heterocycles. The van der Waals surface area contributed by atoms with Crippen LogP contribution in [0.2, 0.25) is 0 Å². The monoisotopic (exact) mass is 341 g/mol. The van der Waals surface area contributed by atoms with E-state index in [-0.39, 0.29) is 11.4 Å². The number of anilines is 1. The number of phenols is 1. The van der Waals surface area contributed by atoms with Crippen molar-refractivity contribution in [2.45, 2.75) is 0 Å². The Hall–Kier alpha value is -3.13. The number of ether oxygens (including phenoxy) is 1. The lowest BCUT2D eigenvalue weighted by atomic mass is 10.0. The highest BCUT2D eigenvalue weighted by atomic mass is 16.6. The summed E-state index contributed by atoms with van der Waals surface area (Å²) in [7, 11) is 0. The predicted molar refractivity (Wildman–Crippen MR) is 90.8 cm³/mol. The SMILES string of the molecule is O=[N+]([O-])c1cc2oc(N3CCOCC3)nc2cc1-c1ccccc1O. The maximum absolute atomic E-state index is 11.5. The lowest BCUT2D eigenvalue weighted by molar-refractivity contribution is -0.384. The topological polar surface area (TPSA) is 102 Å². The summed E-state index contributed by atoms with van der Waals surface area (Å²) in [5.41, 5.74) is 1.39. The fourth-order valence-corrected chi connectivity index (χ4v) is 2.91. The van der Waals surface area contributed by atoms with Crippen LogP contribution in [0.5, 0.6) is 5.75 Å². The van der Waals surface area contributed by atoms with Gasteiger partial charge < -0.3 is 19.2 Å². The van der Waals surface area contributed by atoms with Crippen molar-refractivity contribution in [1.29, 1.82) is 0 Å². The van der Waals surface area contributed by atoms with Crippen LogP contribution >= 0.6 is 0 Å². The van der Waals surface area contributed by atoms with E-state index in [0.717, 1.165) is 0 Å². The van der Waals surface area contributed by atoms with Crippen LogP contribution in [0, 0.1) is 10.1 Å². The number of aromatic hydroxyl groups is 1. The molecule has 128 valence electrons. The molecule has 0 saturated carbocycles. The Kier molecular flexibility index (Phi) is 3.73. The number of aromatic nitrogens is 1. The molecule has 1 aromatic heterocycles. The first-order valence-electron chi connectivity index (χ1n) is 7.83. The van der Waals surface area contributed by atoms with Gasteiger partial charge in [0.25, 0.3) is 11.7 Å². The molecule has 0 unspecified atom stereocenters. The smallest absolute Gasteiger partial charge is 0.298 e. The number of nitro benzene ring substituents is 1. The zero-order valence-corrected chi connectivity index (χ0v) is 13.2. The van der Waals surface area contributed by atoms with E-state index in [0.29, 0.717) is 54.5 Å². The molecule has 1 aliphatic rings. The van der Waals surface area contributed by atoms with Gasteiger partial charge in [-0.1, -0.05) is 18.2 Å². The first-order chi connectivity index (χ1) is 12.1. The summed E-state index contributed by atoms with van der Waals surface area (Å²) in [6, 6.07) is 9.85. The zero-order valence-electron chi connectivity index (χ0n) is 13.2. The Labute approximate surface area is 142 Å². The maximum atomic E-state index is 11.5. The number of fused-ring (bicyclic) bond motifs is 1. The molecule has 1 aliphatic heterocycles. The average molecular weight is 341 g/mol. The van der Waals surface area contributed by atoms with Crippen LogP contribution in [0.25, 0.3) is 22.2 Å². The van der Waals surface area contributed by atoms with E-state index in [9.17, 15) is 15.2 Å². The average Bonchev–Trinajstić information content (AvgIpc) is 3.05. The Morgan fingerprint density at radius 3 is 2.64 bits per heavy atom. The van der Waals surface area contributed by atoms with E-state index < -0.39 is 4.92 Å². The van der Waals surface area contributed by atoms with Crippen molar-refractivity contribution in [3.05, 3.63) is 46.5 Å². The molecule has 0 spiro atoms. The lowest BCUT2D eigenvalue weighted by Gasteiger charge is -2.24. The summed E-state index contributed by atoms with van der Waals surface area (Å²) in [6.07, 6.45) is 0. The van der Waals surface area contributed by atoms with Gasteiger partial charge in [0.1, 0.15) is 11.3 Å². The number of nitro groups is 1. The van der Waals surface area contributed by atoms with Crippen molar-refractivity contribution in [2.75, 3.05) is 31.2 Å². The van der Waals surface area contributed by atoms with Crippen LogP contribution in [-0.4, -0.2) is 41.3 Å². The number of morpholine rings is 1. The van der Waals surface area contributed by atoms with E-state index in [4.69, 9.17) is 9.15 Å². The normalized spacial score (nSPS) is 14.8. The molecule has 1 fully saturated rings. The summed E-state index contributed by atoms with van der Waals surface area (Å²) in [6.45, 7) is 2.48. The number of nitrogens with zero attached hydrogens (tertiary/aromatic N) is 3. The predicted octanol–water partition coefficient (Wildman–Crippen LogP) is 2.95. The number of benzene rings is 2. The summed E-state index contributed by atoms with van der Waals surface area (Å²) in [5.74, 6) is -0.0261. The van der Waals surface area contributed by atoms with Gasteiger partial charge in [-0.05, 0) is 12.1 Å². The van der Waals surface area contributed by atoms with Crippen LogP contribution in [0.15, 0.2) is 40.8 Å². The van der Waals surface area contributed by atoms with Gasteiger partial charge in [-0.3, -0.25) is 10.1 Å². The minimum atomic E-state index is -0.488. The van der Waals surface area contributed by atoms with Crippen LogP contribution in [0.4, 0.5) is 11.7 Å². The first kappa shape index (κ1) is 15.4. The molecule has 8 heteroatoms. The quantitative estimate of drug-likeness (QED) is 0.577. The van der Waals surface area contributed by atoms with E-state index in [1.807, 2.05) is 4.90 Å². The van der Waals surface area contributed by atoms with Crippen molar-refractivity contribution in [2.24, 2.45) is 0 Å². The lowest BCUT2D eigenvalue weighted by Crippen LogP contribution is -2.36. The molecule has 4 rings (SSSR count). The molecule has 25 heavy (non-hydrogen) atoms. The molecule has 2 heterocycles. The summed E-state index contributed by atoms with van der Waals surface area (Å²) < 4.78 is 11.0. The molecule has 3 aromatic rings. The molecule has 0 radical (unpaired) electrons. The Bertz CT molecular complexity index is 947. The molecule has 0 amide bonds. The standard InChI is InChI=1S/C17H15N3O5/c21-15-4-2-1-3-11(15)12-9-13-16(10-14(12)20(22)23)25-17(18-13)19-5-7-24-8-6-19/h1-4,9-10,21H,5-8H2. The molecule has 2 aromatic carbocycles. The van der Waals surface area contributed by atoms with Crippen molar-refractivity contribution >= 4 is 22.8 Å². The van der Waals surface area contributed by atoms with Crippen LogP contribution in [-0.2, 0) is 4.74 Å². The van der Waals surface area contributed by atoms with Gasteiger partial charge in [0.2, 0.25) is 0 Å². The largest absolute Gasteiger partial charge is 0.507 e. The first-order valence-corrected chi connectivity index (χ1v) is 7.83. The fourth-order valence-electron chi connectivity index (χ4n) is 2.91. The van der Waals surface area contributed by atoms with Crippen molar-refractivity contribution < 1.29 is 19.2 Å². The second-order valence-electron chi connectivity index (χ2n) is 5.71.